The summed E-state index contributed by atoms with van der Waals surface area (Å²) < 4.78 is 0. The predicted octanol–water partition coefficient (Wildman–Crippen LogP) is 2.56. The van der Waals surface area contributed by atoms with Gasteiger partial charge in [-0.2, -0.15) is 0 Å². The van der Waals surface area contributed by atoms with Crippen LogP contribution in [0.2, 0.25) is 0 Å². The Morgan fingerprint density at radius 3 is 2.77 bits per heavy atom. The largest absolute Gasteiger partial charge is 0.392 e. The van der Waals surface area contributed by atoms with Gasteiger partial charge in [0.05, 0.1) is 6.61 Å². The molecule has 0 aliphatic rings. The summed E-state index contributed by atoms with van der Waals surface area (Å²) in [6.07, 6.45) is 3.80. The molecule has 0 aliphatic carbocycles. The molecule has 1 rings (SSSR count). The number of aliphatic hydroxyl groups excluding tert-OH is 1. The van der Waals surface area contributed by atoms with Crippen molar-refractivity contribution in [3.05, 3.63) is 53.6 Å². The van der Waals surface area contributed by atoms with Crippen LogP contribution in [0.1, 0.15) is 11.1 Å². The monoisotopic (exact) mass is 174 g/mol. The van der Waals surface area contributed by atoms with Gasteiger partial charge in [0.25, 0.3) is 0 Å². The molecule has 0 aliphatic heterocycles. The lowest BCUT2D eigenvalue weighted by Gasteiger charge is -1.98. The van der Waals surface area contributed by atoms with E-state index in [4.69, 9.17) is 5.11 Å². The Balaban J connectivity index is 2.80. The van der Waals surface area contributed by atoms with E-state index < -0.39 is 0 Å². The van der Waals surface area contributed by atoms with Gasteiger partial charge in [-0.15, -0.1) is 0 Å². The van der Waals surface area contributed by atoms with Crippen molar-refractivity contribution in [3.8, 4) is 0 Å². The molecule has 0 bridgehead atoms. The van der Waals surface area contributed by atoms with E-state index in [1.54, 1.807) is 0 Å². The van der Waals surface area contributed by atoms with Crippen molar-refractivity contribution in [1.29, 1.82) is 0 Å². The van der Waals surface area contributed by atoms with Crippen molar-refractivity contribution in [1.82, 2.24) is 0 Å². The molecule has 68 valence electrons. The summed E-state index contributed by atoms with van der Waals surface area (Å²) in [5, 5.41) is 8.73. The molecular formula is C12H14O. The average molecular weight is 174 g/mol. The van der Waals surface area contributed by atoms with Crippen LogP contribution in [0, 0.1) is 6.92 Å². The molecule has 0 saturated heterocycles. The zero-order chi connectivity index (χ0) is 9.68. The second-order valence-electron chi connectivity index (χ2n) is 3.01. The Hall–Kier alpha value is -1.34. The highest BCUT2D eigenvalue weighted by molar-refractivity contribution is 5.55. The average Bonchev–Trinajstić information content (AvgIpc) is 2.16. The van der Waals surface area contributed by atoms with Crippen LogP contribution in [0.4, 0.5) is 0 Å². The Morgan fingerprint density at radius 2 is 2.15 bits per heavy atom. The van der Waals surface area contributed by atoms with E-state index in [2.05, 4.69) is 19.6 Å². The van der Waals surface area contributed by atoms with Crippen molar-refractivity contribution >= 4 is 6.08 Å². The molecule has 1 aromatic carbocycles. The zero-order valence-corrected chi connectivity index (χ0v) is 7.83. The fourth-order valence-electron chi connectivity index (χ4n) is 1.03. The molecule has 0 spiro atoms. The van der Waals surface area contributed by atoms with Crippen LogP contribution in [0.5, 0.6) is 0 Å². The number of hydrogen-bond acceptors (Lipinski definition) is 1. The number of benzene rings is 1. The summed E-state index contributed by atoms with van der Waals surface area (Å²) in [6.45, 7) is 5.75. The van der Waals surface area contributed by atoms with Gasteiger partial charge in [-0.1, -0.05) is 43.0 Å². The second kappa shape index (κ2) is 4.63. The third-order valence-corrected chi connectivity index (χ3v) is 1.89. The molecule has 0 atom stereocenters. The minimum atomic E-state index is 0.0163. The van der Waals surface area contributed by atoms with E-state index >= 15 is 0 Å². The summed E-state index contributed by atoms with van der Waals surface area (Å²) in [5.41, 5.74) is 3.12. The van der Waals surface area contributed by atoms with Gasteiger partial charge < -0.3 is 5.11 Å². The van der Waals surface area contributed by atoms with Crippen molar-refractivity contribution in [2.75, 3.05) is 6.61 Å². The van der Waals surface area contributed by atoms with E-state index in [9.17, 15) is 0 Å². The fourth-order valence-corrected chi connectivity index (χ4v) is 1.03. The zero-order valence-electron chi connectivity index (χ0n) is 7.83. The van der Waals surface area contributed by atoms with Gasteiger partial charge >= 0.3 is 0 Å². The normalized spacial score (nSPS) is 10.6. The smallest absolute Gasteiger partial charge is 0.0676 e. The first-order valence-electron chi connectivity index (χ1n) is 4.26. The molecule has 0 heterocycles. The molecule has 0 aromatic heterocycles. The molecule has 0 amide bonds. The van der Waals surface area contributed by atoms with Gasteiger partial charge in [0.15, 0.2) is 0 Å². The Labute approximate surface area is 79.0 Å². The summed E-state index contributed by atoms with van der Waals surface area (Å²) in [6, 6.07) is 8.10. The van der Waals surface area contributed by atoms with Crippen LogP contribution in [0.3, 0.4) is 0 Å². The van der Waals surface area contributed by atoms with Crippen LogP contribution in [-0.4, -0.2) is 11.7 Å². The number of aryl methyl sites for hydroxylation is 1. The fraction of sp³-hybridized carbons (Fsp3) is 0.167. The lowest BCUT2D eigenvalue weighted by molar-refractivity contribution is 0.335. The van der Waals surface area contributed by atoms with Crippen LogP contribution in [0.15, 0.2) is 42.5 Å². The molecule has 1 nitrogen and oxygen atoms in total. The van der Waals surface area contributed by atoms with Gasteiger partial charge in [0, 0.05) is 0 Å². The molecule has 0 radical (unpaired) electrons. The van der Waals surface area contributed by atoms with E-state index in [0.29, 0.717) is 0 Å². The van der Waals surface area contributed by atoms with Gasteiger partial charge in [-0.25, -0.2) is 0 Å². The predicted molar refractivity (Wildman–Crippen MR) is 56.4 cm³/mol. The first kappa shape index (κ1) is 9.75. The molecule has 0 fully saturated rings. The first-order valence-corrected chi connectivity index (χ1v) is 4.26. The standard InChI is InChI=1S/C12H14O/c1-10(9-13)7-8-12-6-4-3-5-11(12)2/h3-8,13H,1,9H2,2H3/b8-7-. The molecule has 1 N–H and O–H groups in total. The molecular weight excluding hydrogens is 160 g/mol. The topological polar surface area (TPSA) is 20.2 Å². The number of hydrogen-bond donors (Lipinski definition) is 1. The van der Waals surface area contributed by atoms with E-state index in [-0.39, 0.29) is 6.61 Å². The van der Waals surface area contributed by atoms with Gasteiger partial charge in [-0.3, -0.25) is 0 Å². The highest BCUT2D eigenvalue weighted by Gasteiger charge is 1.90. The van der Waals surface area contributed by atoms with Crippen molar-refractivity contribution in [2.45, 2.75) is 6.92 Å². The van der Waals surface area contributed by atoms with E-state index in [1.807, 2.05) is 30.4 Å². The molecule has 0 unspecified atom stereocenters. The summed E-state index contributed by atoms with van der Waals surface area (Å²) in [5.74, 6) is 0. The minimum absolute atomic E-state index is 0.0163. The van der Waals surface area contributed by atoms with Crippen molar-refractivity contribution < 1.29 is 5.11 Å². The molecule has 1 heteroatoms. The van der Waals surface area contributed by atoms with E-state index in [1.165, 1.54) is 5.56 Å². The summed E-state index contributed by atoms with van der Waals surface area (Å²) in [4.78, 5) is 0. The number of rotatable bonds is 3. The first-order chi connectivity index (χ1) is 6.24. The third kappa shape index (κ3) is 2.88. The quantitative estimate of drug-likeness (QED) is 0.698. The Morgan fingerprint density at radius 1 is 1.46 bits per heavy atom. The molecule has 1 aromatic rings. The maximum Gasteiger partial charge on any atom is 0.0676 e. The van der Waals surface area contributed by atoms with Gasteiger partial charge in [0.2, 0.25) is 0 Å². The lowest BCUT2D eigenvalue weighted by atomic mass is 10.1. The summed E-state index contributed by atoms with van der Waals surface area (Å²) in [7, 11) is 0. The van der Waals surface area contributed by atoms with Crippen LogP contribution < -0.4 is 0 Å². The van der Waals surface area contributed by atoms with Crippen LogP contribution >= 0.6 is 0 Å². The highest BCUT2D eigenvalue weighted by atomic mass is 16.3. The maximum atomic E-state index is 8.73. The van der Waals surface area contributed by atoms with Crippen molar-refractivity contribution in [3.63, 3.8) is 0 Å². The Bertz CT molecular complexity index is 324. The second-order valence-corrected chi connectivity index (χ2v) is 3.01. The maximum absolute atomic E-state index is 8.73. The summed E-state index contributed by atoms with van der Waals surface area (Å²) >= 11 is 0. The number of aliphatic hydroxyl groups is 1. The van der Waals surface area contributed by atoms with Crippen LogP contribution in [0.25, 0.3) is 6.08 Å². The minimum Gasteiger partial charge on any atom is -0.392 e. The van der Waals surface area contributed by atoms with Gasteiger partial charge in [0.1, 0.15) is 0 Å². The molecule has 0 saturated carbocycles. The highest BCUT2D eigenvalue weighted by Crippen LogP contribution is 2.09. The lowest BCUT2D eigenvalue weighted by Crippen LogP contribution is -1.83. The molecule has 13 heavy (non-hydrogen) atoms. The van der Waals surface area contributed by atoms with E-state index in [0.717, 1.165) is 11.1 Å². The van der Waals surface area contributed by atoms with Crippen molar-refractivity contribution in [2.24, 2.45) is 0 Å². The Kier molecular flexibility index (Phi) is 3.47. The van der Waals surface area contributed by atoms with Crippen LogP contribution in [-0.2, 0) is 0 Å². The third-order valence-electron chi connectivity index (χ3n) is 1.89. The van der Waals surface area contributed by atoms with Gasteiger partial charge in [-0.05, 0) is 23.6 Å². The SMILES string of the molecule is C=C(/C=C\c1ccccc1C)CO.